The van der Waals surface area contributed by atoms with Gasteiger partial charge in [0, 0.05) is 11.6 Å². The number of aromatic nitrogens is 3. The first kappa shape index (κ1) is 15.5. The van der Waals surface area contributed by atoms with E-state index in [9.17, 15) is 4.79 Å². The van der Waals surface area contributed by atoms with Crippen LogP contribution in [0.1, 0.15) is 31.9 Å². The number of benzene rings is 1. The van der Waals surface area contributed by atoms with Crippen molar-refractivity contribution < 1.29 is 0 Å². The largest absolute Gasteiger partial charge is 0.356 e. The number of nitrogens with zero attached hydrogens (tertiary/aromatic N) is 3. The predicted octanol–water partition coefficient (Wildman–Crippen LogP) is 2.84. The summed E-state index contributed by atoms with van der Waals surface area (Å²) in [7, 11) is 0. The summed E-state index contributed by atoms with van der Waals surface area (Å²) in [6.45, 7) is 6.67. The van der Waals surface area contributed by atoms with Crippen molar-refractivity contribution in [3.63, 3.8) is 0 Å². The normalized spacial score (nSPS) is 10.7. The molecule has 1 N–H and O–H groups in total. The van der Waals surface area contributed by atoms with E-state index in [1.165, 1.54) is 10.9 Å². The Morgan fingerprint density at radius 3 is 2.29 bits per heavy atom. The van der Waals surface area contributed by atoms with Crippen molar-refractivity contribution in [1.82, 2.24) is 14.5 Å². The second-order valence-electron chi connectivity index (χ2n) is 4.64. The smallest absolute Gasteiger partial charge is 0.354 e. The van der Waals surface area contributed by atoms with E-state index in [1.54, 1.807) is 0 Å². The summed E-state index contributed by atoms with van der Waals surface area (Å²) in [5.74, 6) is 0.351. The standard InChI is InChI=1S/C15H19ClN4O/c1-4-10-7-12(16)8-11(5-2)13(10)20-9-18-14(17-6-3)19-15(20)21/h7-9H,4-6H2,1-3H3,(H,17,19,21). The predicted molar refractivity (Wildman–Crippen MR) is 85.6 cm³/mol. The second-order valence-corrected chi connectivity index (χ2v) is 5.08. The highest BCUT2D eigenvalue weighted by molar-refractivity contribution is 6.30. The van der Waals surface area contributed by atoms with Crippen LogP contribution in [0.2, 0.25) is 5.02 Å². The van der Waals surface area contributed by atoms with Gasteiger partial charge in [-0.2, -0.15) is 4.98 Å². The van der Waals surface area contributed by atoms with E-state index in [-0.39, 0.29) is 5.69 Å². The average Bonchev–Trinajstić information content (AvgIpc) is 2.47. The Hall–Kier alpha value is -1.88. The monoisotopic (exact) mass is 306 g/mol. The highest BCUT2D eigenvalue weighted by Gasteiger charge is 2.13. The number of anilines is 1. The minimum absolute atomic E-state index is 0.340. The minimum Gasteiger partial charge on any atom is -0.354 e. The molecular weight excluding hydrogens is 288 g/mol. The Morgan fingerprint density at radius 2 is 1.81 bits per heavy atom. The number of hydrogen-bond donors (Lipinski definition) is 1. The zero-order chi connectivity index (χ0) is 15.4. The topological polar surface area (TPSA) is 59.8 Å². The molecule has 112 valence electrons. The van der Waals surface area contributed by atoms with Gasteiger partial charge in [0.05, 0.1) is 5.69 Å². The van der Waals surface area contributed by atoms with E-state index < -0.39 is 0 Å². The van der Waals surface area contributed by atoms with Gasteiger partial charge < -0.3 is 5.32 Å². The van der Waals surface area contributed by atoms with Gasteiger partial charge in [0.15, 0.2) is 0 Å². The van der Waals surface area contributed by atoms with Crippen molar-refractivity contribution in [3.05, 3.63) is 45.1 Å². The molecule has 0 aliphatic rings. The van der Waals surface area contributed by atoms with Gasteiger partial charge in [0.2, 0.25) is 5.95 Å². The van der Waals surface area contributed by atoms with Crippen LogP contribution in [0.3, 0.4) is 0 Å². The summed E-state index contributed by atoms with van der Waals surface area (Å²) in [4.78, 5) is 20.4. The van der Waals surface area contributed by atoms with E-state index >= 15 is 0 Å². The number of aryl methyl sites for hydroxylation is 2. The van der Waals surface area contributed by atoms with Gasteiger partial charge >= 0.3 is 5.69 Å². The number of hydrogen-bond acceptors (Lipinski definition) is 4. The van der Waals surface area contributed by atoms with Crippen molar-refractivity contribution >= 4 is 17.5 Å². The van der Waals surface area contributed by atoms with Crippen LogP contribution in [0, 0.1) is 0 Å². The summed E-state index contributed by atoms with van der Waals surface area (Å²) < 4.78 is 1.49. The molecule has 0 saturated carbocycles. The van der Waals surface area contributed by atoms with Crippen LogP contribution in [0.15, 0.2) is 23.3 Å². The molecule has 0 atom stereocenters. The van der Waals surface area contributed by atoms with Gasteiger partial charge in [-0.05, 0) is 43.0 Å². The third kappa shape index (κ3) is 3.24. The molecule has 6 heteroatoms. The quantitative estimate of drug-likeness (QED) is 0.923. The first-order valence-electron chi connectivity index (χ1n) is 7.11. The maximum atomic E-state index is 12.3. The van der Waals surface area contributed by atoms with E-state index in [1.807, 2.05) is 32.9 Å². The van der Waals surface area contributed by atoms with Gasteiger partial charge in [-0.25, -0.2) is 9.78 Å². The lowest BCUT2D eigenvalue weighted by Gasteiger charge is -2.15. The van der Waals surface area contributed by atoms with Crippen molar-refractivity contribution in [2.45, 2.75) is 33.6 Å². The SMILES string of the molecule is CCNc1ncn(-c2c(CC)cc(Cl)cc2CC)c(=O)n1. The summed E-state index contributed by atoms with van der Waals surface area (Å²) in [6, 6.07) is 3.78. The van der Waals surface area contributed by atoms with Gasteiger partial charge in [0.1, 0.15) is 6.33 Å². The first-order chi connectivity index (χ1) is 10.1. The molecule has 1 aromatic carbocycles. The van der Waals surface area contributed by atoms with Gasteiger partial charge in [-0.3, -0.25) is 4.57 Å². The van der Waals surface area contributed by atoms with E-state index in [4.69, 9.17) is 11.6 Å². The van der Waals surface area contributed by atoms with Crippen LogP contribution in [0.25, 0.3) is 5.69 Å². The molecule has 0 unspecified atom stereocenters. The fourth-order valence-corrected chi connectivity index (χ4v) is 2.56. The maximum absolute atomic E-state index is 12.3. The molecule has 1 heterocycles. The zero-order valence-electron chi connectivity index (χ0n) is 12.5. The summed E-state index contributed by atoms with van der Waals surface area (Å²) >= 11 is 6.14. The van der Waals surface area contributed by atoms with Gasteiger partial charge in [-0.15, -0.1) is 0 Å². The fourth-order valence-electron chi connectivity index (χ4n) is 2.30. The van der Waals surface area contributed by atoms with Gasteiger partial charge in [-0.1, -0.05) is 25.4 Å². The van der Waals surface area contributed by atoms with E-state index in [2.05, 4.69) is 15.3 Å². The van der Waals surface area contributed by atoms with Gasteiger partial charge in [0.25, 0.3) is 0 Å². The molecule has 0 spiro atoms. The molecule has 0 aliphatic heterocycles. The van der Waals surface area contributed by atoms with E-state index in [0.717, 1.165) is 29.7 Å². The van der Waals surface area contributed by atoms with Crippen molar-refractivity contribution in [3.8, 4) is 5.69 Å². The lowest BCUT2D eigenvalue weighted by atomic mass is 10.0. The maximum Gasteiger partial charge on any atom is 0.356 e. The Morgan fingerprint density at radius 1 is 1.19 bits per heavy atom. The van der Waals surface area contributed by atoms with Crippen molar-refractivity contribution in [2.24, 2.45) is 0 Å². The van der Waals surface area contributed by atoms with Crippen LogP contribution in [-0.2, 0) is 12.8 Å². The number of halogens is 1. The summed E-state index contributed by atoms with van der Waals surface area (Å²) in [5, 5.41) is 3.62. The number of rotatable bonds is 5. The highest BCUT2D eigenvalue weighted by atomic mass is 35.5. The third-order valence-corrected chi connectivity index (χ3v) is 3.49. The Kier molecular flexibility index (Phi) is 4.96. The van der Waals surface area contributed by atoms with Crippen LogP contribution < -0.4 is 11.0 Å². The molecule has 5 nitrogen and oxygen atoms in total. The highest BCUT2D eigenvalue weighted by Crippen LogP contribution is 2.25. The van der Waals surface area contributed by atoms with E-state index in [0.29, 0.717) is 17.5 Å². The van der Waals surface area contributed by atoms with Crippen molar-refractivity contribution in [1.29, 1.82) is 0 Å². The van der Waals surface area contributed by atoms with Crippen LogP contribution in [0.5, 0.6) is 0 Å². The minimum atomic E-state index is -0.340. The van der Waals surface area contributed by atoms with Crippen LogP contribution in [0.4, 0.5) is 5.95 Å². The summed E-state index contributed by atoms with van der Waals surface area (Å²) in [6.07, 6.45) is 3.09. The van der Waals surface area contributed by atoms with Crippen LogP contribution >= 0.6 is 11.6 Å². The molecule has 21 heavy (non-hydrogen) atoms. The Labute approximate surface area is 129 Å². The second kappa shape index (κ2) is 6.72. The molecule has 0 aliphatic carbocycles. The molecule has 0 fully saturated rings. The lowest BCUT2D eigenvalue weighted by molar-refractivity contribution is 0.833. The third-order valence-electron chi connectivity index (χ3n) is 3.27. The van der Waals surface area contributed by atoms with Crippen LogP contribution in [-0.4, -0.2) is 21.1 Å². The molecule has 2 aromatic rings. The summed E-state index contributed by atoms with van der Waals surface area (Å²) in [5.41, 5.74) is 2.53. The fraction of sp³-hybridized carbons (Fsp3) is 0.400. The Balaban J connectivity index is 2.63. The first-order valence-corrected chi connectivity index (χ1v) is 7.49. The average molecular weight is 307 g/mol. The van der Waals surface area contributed by atoms with Crippen molar-refractivity contribution in [2.75, 3.05) is 11.9 Å². The molecule has 0 saturated heterocycles. The molecular formula is C15H19ClN4O. The molecule has 0 amide bonds. The zero-order valence-corrected chi connectivity index (χ0v) is 13.2. The number of nitrogens with one attached hydrogen (secondary N) is 1. The molecule has 0 bridgehead atoms. The molecule has 1 aromatic heterocycles. The molecule has 0 radical (unpaired) electrons. The molecule has 2 rings (SSSR count). The lowest BCUT2D eigenvalue weighted by Crippen LogP contribution is -2.25. The Bertz CT molecular complexity index is 671.